The molecule has 2 aromatic rings. The van der Waals surface area contributed by atoms with Crippen molar-refractivity contribution in [2.75, 3.05) is 13.1 Å². The van der Waals surface area contributed by atoms with Crippen molar-refractivity contribution in [2.24, 2.45) is 0 Å². The topological polar surface area (TPSA) is 99.3 Å². The molecule has 1 atom stereocenters. The Morgan fingerprint density at radius 3 is 2.19 bits per heavy atom. The number of hydrogen-bond acceptors (Lipinski definition) is 4. The van der Waals surface area contributed by atoms with Crippen LogP contribution in [0.1, 0.15) is 61.2 Å². The molecule has 1 unspecified atom stereocenters. The number of rotatable bonds is 11. The molecule has 0 saturated carbocycles. The second-order valence-electron chi connectivity index (χ2n) is 9.76. The molecule has 0 spiro atoms. The fourth-order valence-corrected chi connectivity index (χ4v) is 3.44. The number of hydrogen-bond donors (Lipinski definition) is 4. The molecule has 3 amide bonds. The van der Waals surface area contributed by atoms with Crippen LogP contribution < -0.4 is 21.3 Å². The van der Waals surface area contributed by atoms with Gasteiger partial charge in [-0.2, -0.15) is 13.2 Å². The highest BCUT2D eigenvalue weighted by Crippen LogP contribution is 2.29. The van der Waals surface area contributed by atoms with Gasteiger partial charge in [0.2, 0.25) is 11.8 Å². The Morgan fingerprint density at radius 1 is 0.946 bits per heavy atom. The first kappa shape index (κ1) is 29.8. The minimum Gasteiger partial charge on any atom is -0.350 e. The van der Waals surface area contributed by atoms with Gasteiger partial charge in [0.25, 0.3) is 5.91 Å². The van der Waals surface area contributed by atoms with E-state index < -0.39 is 41.7 Å². The Bertz CT molecular complexity index is 1060. The van der Waals surface area contributed by atoms with Crippen LogP contribution in [0.4, 0.5) is 13.2 Å². The van der Waals surface area contributed by atoms with Gasteiger partial charge in [-0.25, -0.2) is 0 Å². The summed E-state index contributed by atoms with van der Waals surface area (Å²) in [5, 5.41) is 11.0. The smallest absolute Gasteiger partial charge is 0.350 e. The maximum absolute atomic E-state index is 12.9. The zero-order valence-electron chi connectivity index (χ0n) is 21.6. The van der Waals surface area contributed by atoms with Crippen LogP contribution in [0.15, 0.2) is 48.5 Å². The van der Waals surface area contributed by atoms with Crippen molar-refractivity contribution >= 4 is 17.7 Å². The SMILES string of the molecule is CCc1ccc(CNCCC(NC(=O)CNC(=O)c2cccc(C(F)(F)F)c2)C(=O)NC(C)(C)C)cc1. The Morgan fingerprint density at radius 2 is 1.59 bits per heavy atom. The quantitative estimate of drug-likeness (QED) is 0.341. The molecule has 0 heterocycles. The lowest BCUT2D eigenvalue weighted by Crippen LogP contribution is -2.54. The van der Waals surface area contributed by atoms with Crippen LogP contribution in [-0.2, 0) is 28.7 Å². The molecule has 37 heavy (non-hydrogen) atoms. The van der Waals surface area contributed by atoms with Crippen LogP contribution in [0.5, 0.6) is 0 Å². The van der Waals surface area contributed by atoms with E-state index in [0.29, 0.717) is 25.6 Å². The highest BCUT2D eigenvalue weighted by molar-refractivity contribution is 5.97. The van der Waals surface area contributed by atoms with Crippen molar-refractivity contribution in [3.8, 4) is 0 Å². The van der Waals surface area contributed by atoms with Crippen molar-refractivity contribution in [2.45, 2.75) is 64.8 Å². The second-order valence-corrected chi connectivity index (χ2v) is 9.76. The first-order chi connectivity index (χ1) is 17.3. The normalized spacial score (nSPS) is 12.5. The molecule has 0 radical (unpaired) electrons. The van der Waals surface area contributed by atoms with Gasteiger partial charge in [0.05, 0.1) is 12.1 Å². The number of benzene rings is 2. The molecule has 202 valence electrons. The first-order valence-corrected chi connectivity index (χ1v) is 12.1. The van der Waals surface area contributed by atoms with E-state index in [9.17, 15) is 27.6 Å². The van der Waals surface area contributed by atoms with Crippen LogP contribution in [0.3, 0.4) is 0 Å². The van der Waals surface area contributed by atoms with Gasteiger partial charge in [-0.1, -0.05) is 37.3 Å². The molecule has 2 rings (SSSR count). The molecule has 7 nitrogen and oxygen atoms in total. The summed E-state index contributed by atoms with van der Waals surface area (Å²) in [6.45, 7) is 8.08. The number of carbonyl (C=O) groups excluding carboxylic acids is 3. The number of nitrogens with one attached hydrogen (secondary N) is 4. The zero-order valence-corrected chi connectivity index (χ0v) is 21.6. The molecule has 2 aromatic carbocycles. The fourth-order valence-electron chi connectivity index (χ4n) is 3.44. The molecule has 0 bridgehead atoms. The summed E-state index contributed by atoms with van der Waals surface area (Å²) in [6.07, 6.45) is -3.34. The molecule has 4 N–H and O–H groups in total. The number of alkyl halides is 3. The maximum atomic E-state index is 12.9. The van der Waals surface area contributed by atoms with Gasteiger partial charge >= 0.3 is 6.18 Å². The highest BCUT2D eigenvalue weighted by atomic mass is 19.4. The van der Waals surface area contributed by atoms with E-state index in [1.165, 1.54) is 11.6 Å². The second kappa shape index (κ2) is 13.2. The van der Waals surface area contributed by atoms with E-state index >= 15 is 0 Å². The van der Waals surface area contributed by atoms with E-state index in [1.54, 1.807) is 0 Å². The van der Waals surface area contributed by atoms with Gasteiger partial charge in [-0.05, 0) is 69.5 Å². The van der Waals surface area contributed by atoms with Crippen molar-refractivity contribution in [3.05, 3.63) is 70.8 Å². The maximum Gasteiger partial charge on any atom is 0.416 e. The van der Waals surface area contributed by atoms with E-state index in [0.717, 1.165) is 24.1 Å². The van der Waals surface area contributed by atoms with Crippen LogP contribution in [0.2, 0.25) is 0 Å². The number of aryl methyl sites for hydroxylation is 1. The largest absolute Gasteiger partial charge is 0.416 e. The molecule has 0 aliphatic rings. The van der Waals surface area contributed by atoms with Gasteiger partial charge in [-0.15, -0.1) is 0 Å². The molecular formula is C27H35F3N4O3. The molecule has 10 heteroatoms. The molecular weight excluding hydrogens is 485 g/mol. The molecule has 0 aromatic heterocycles. The molecule has 0 aliphatic carbocycles. The first-order valence-electron chi connectivity index (χ1n) is 12.1. The minimum absolute atomic E-state index is 0.221. The fraction of sp³-hybridized carbons (Fsp3) is 0.444. The van der Waals surface area contributed by atoms with Gasteiger partial charge in [0.15, 0.2) is 0 Å². The summed E-state index contributed by atoms with van der Waals surface area (Å²) >= 11 is 0. The number of amides is 3. The Hall–Kier alpha value is -3.40. The third kappa shape index (κ3) is 10.6. The zero-order chi connectivity index (χ0) is 27.6. The van der Waals surface area contributed by atoms with Crippen molar-refractivity contribution in [3.63, 3.8) is 0 Å². The Labute approximate surface area is 215 Å². The predicted octanol–water partition coefficient (Wildman–Crippen LogP) is 3.58. The van der Waals surface area contributed by atoms with Crippen LogP contribution >= 0.6 is 0 Å². The van der Waals surface area contributed by atoms with Crippen LogP contribution in [0.25, 0.3) is 0 Å². The predicted molar refractivity (Wildman–Crippen MR) is 136 cm³/mol. The third-order valence-electron chi connectivity index (χ3n) is 5.38. The van der Waals surface area contributed by atoms with Gasteiger partial charge in [0.1, 0.15) is 6.04 Å². The lowest BCUT2D eigenvalue weighted by atomic mass is 10.1. The standard InChI is InChI=1S/C27H35F3N4O3/c1-5-18-9-11-19(12-10-18)16-31-14-13-22(25(37)34-26(2,3)4)33-23(35)17-32-24(36)20-7-6-8-21(15-20)27(28,29)30/h6-12,15,22,31H,5,13-14,16-17H2,1-4H3,(H,32,36)(H,33,35)(H,34,37). The van der Waals surface area contributed by atoms with Crippen molar-refractivity contribution in [1.82, 2.24) is 21.3 Å². The summed E-state index contributed by atoms with van der Waals surface area (Å²) in [6, 6.07) is 11.2. The van der Waals surface area contributed by atoms with E-state index in [1.807, 2.05) is 32.9 Å². The summed E-state index contributed by atoms with van der Waals surface area (Å²) in [7, 11) is 0. The molecule has 0 fully saturated rings. The van der Waals surface area contributed by atoms with E-state index in [2.05, 4.69) is 40.3 Å². The summed E-state index contributed by atoms with van der Waals surface area (Å²) in [4.78, 5) is 37.5. The lowest BCUT2D eigenvalue weighted by molar-refractivity contribution is -0.137. The van der Waals surface area contributed by atoms with Crippen LogP contribution in [-0.4, -0.2) is 42.4 Å². The minimum atomic E-state index is -4.59. The third-order valence-corrected chi connectivity index (χ3v) is 5.38. The monoisotopic (exact) mass is 520 g/mol. The Balaban J connectivity index is 1.93. The number of carbonyl (C=O) groups is 3. The van der Waals surface area contributed by atoms with Gasteiger partial charge in [-0.3, -0.25) is 14.4 Å². The van der Waals surface area contributed by atoms with E-state index in [-0.39, 0.29) is 11.5 Å². The Kier molecular flexibility index (Phi) is 10.7. The summed E-state index contributed by atoms with van der Waals surface area (Å²) in [5.74, 6) is -1.84. The molecule has 0 saturated heterocycles. The summed E-state index contributed by atoms with van der Waals surface area (Å²) < 4.78 is 38.7. The van der Waals surface area contributed by atoms with Gasteiger partial charge in [0, 0.05) is 17.6 Å². The summed E-state index contributed by atoms with van der Waals surface area (Å²) in [5.41, 5.74) is 0.629. The van der Waals surface area contributed by atoms with Gasteiger partial charge < -0.3 is 21.3 Å². The number of halogens is 3. The average Bonchev–Trinajstić information content (AvgIpc) is 2.83. The van der Waals surface area contributed by atoms with Crippen molar-refractivity contribution in [1.29, 1.82) is 0 Å². The van der Waals surface area contributed by atoms with E-state index in [4.69, 9.17) is 0 Å². The molecule has 0 aliphatic heterocycles. The highest BCUT2D eigenvalue weighted by Gasteiger charge is 2.31. The van der Waals surface area contributed by atoms with Crippen LogP contribution in [0, 0.1) is 0 Å². The average molecular weight is 521 g/mol. The van der Waals surface area contributed by atoms with Crippen molar-refractivity contribution < 1.29 is 27.6 Å². The lowest BCUT2D eigenvalue weighted by Gasteiger charge is -2.25.